The Labute approximate surface area is 126 Å². The molecule has 4 heteroatoms. The first-order valence-electron chi connectivity index (χ1n) is 6.63. The fraction of sp³-hybridized carbons (Fsp3) is 0.375. The van der Waals surface area contributed by atoms with Gasteiger partial charge in [0.15, 0.2) is 0 Å². The van der Waals surface area contributed by atoms with Crippen LogP contribution in [-0.2, 0) is 4.65 Å². The van der Waals surface area contributed by atoms with Gasteiger partial charge in [-0.05, 0) is 44.5 Å². The highest BCUT2D eigenvalue weighted by molar-refractivity contribution is 6.53. The van der Waals surface area contributed by atoms with Crippen LogP contribution < -0.4 is 5.46 Å². The Kier molecular flexibility index (Phi) is 4.15. The summed E-state index contributed by atoms with van der Waals surface area (Å²) in [5.41, 5.74) is -0.737. The van der Waals surface area contributed by atoms with E-state index in [0.717, 1.165) is 16.2 Å². The van der Waals surface area contributed by atoms with Crippen LogP contribution in [0.2, 0.25) is 5.02 Å². The van der Waals surface area contributed by atoms with E-state index in [0.29, 0.717) is 5.02 Å². The molecule has 0 bridgehead atoms. The van der Waals surface area contributed by atoms with Gasteiger partial charge in [0.2, 0.25) is 0 Å². The van der Waals surface area contributed by atoms with Crippen molar-refractivity contribution in [2.75, 3.05) is 0 Å². The summed E-state index contributed by atoms with van der Waals surface area (Å²) in [5, 5.41) is 12.8. The van der Waals surface area contributed by atoms with Gasteiger partial charge in [0.25, 0.3) is 0 Å². The monoisotopic (exact) mass is 289 g/mol. The molecule has 0 aromatic heterocycles. The third-order valence-electron chi connectivity index (χ3n) is 3.84. The highest BCUT2D eigenvalue weighted by Crippen LogP contribution is 2.25. The summed E-state index contributed by atoms with van der Waals surface area (Å²) < 4.78 is 5.81. The highest BCUT2D eigenvalue weighted by atomic mass is 35.5. The van der Waals surface area contributed by atoms with E-state index in [2.05, 4.69) is 0 Å². The zero-order chi connectivity index (χ0) is 15.0. The summed E-state index contributed by atoms with van der Waals surface area (Å²) in [4.78, 5) is 0. The lowest BCUT2D eigenvalue weighted by atomic mass is 9.80. The van der Waals surface area contributed by atoms with Gasteiger partial charge >= 0.3 is 0 Å². The van der Waals surface area contributed by atoms with Crippen LogP contribution in [0.5, 0.6) is 0 Å². The normalized spacial score (nSPS) is 12.9. The number of benzene rings is 2. The molecule has 0 heterocycles. The SMILES string of the molecule is CC(C)(O)C(C)(C)O[B-]c1cccc2cccc(Cl)c12. The molecule has 0 fully saturated rings. The summed E-state index contributed by atoms with van der Waals surface area (Å²) in [6.07, 6.45) is 0. The second-order valence-electron chi connectivity index (χ2n) is 5.99. The molecule has 0 aliphatic heterocycles. The van der Waals surface area contributed by atoms with Gasteiger partial charge in [-0.2, -0.15) is 0 Å². The first-order valence-corrected chi connectivity index (χ1v) is 7.01. The Morgan fingerprint density at radius 2 is 1.65 bits per heavy atom. The lowest BCUT2D eigenvalue weighted by Crippen LogP contribution is -2.49. The lowest BCUT2D eigenvalue weighted by molar-refractivity contribution is -0.0893. The molecule has 2 nitrogen and oxygen atoms in total. The molecule has 0 spiro atoms. The van der Waals surface area contributed by atoms with Crippen molar-refractivity contribution in [2.24, 2.45) is 0 Å². The molecule has 0 amide bonds. The smallest absolute Gasteiger partial charge is 0.0833 e. The van der Waals surface area contributed by atoms with Crippen LogP contribution in [0, 0.1) is 0 Å². The van der Waals surface area contributed by atoms with Gasteiger partial charge in [-0.25, -0.2) is 5.46 Å². The van der Waals surface area contributed by atoms with Gasteiger partial charge in [-0.15, -0.1) is 13.5 Å². The predicted molar refractivity (Wildman–Crippen MR) is 85.8 cm³/mol. The van der Waals surface area contributed by atoms with Crippen molar-refractivity contribution in [3.05, 3.63) is 41.4 Å². The topological polar surface area (TPSA) is 29.5 Å². The minimum Gasteiger partial charge on any atom is -0.649 e. The number of fused-ring (bicyclic) bond motifs is 1. The molecular weight excluding hydrogens is 270 g/mol. The van der Waals surface area contributed by atoms with Crippen LogP contribution in [0.4, 0.5) is 0 Å². The summed E-state index contributed by atoms with van der Waals surface area (Å²) >= 11 is 6.28. The first-order chi connectivity index (χ1) is 9.22. The van der Waals surface area contributed by atoms with Crippen LogP contribution in [0.3, 0.4) is 0 Å². The highest BCUT2D eigenvalue weighted by Gasteiger charge is 2.31. The molecule has 0 saturated carbocycles. The Morgan fingerprint density at radius 1 is 1.05 bits per heavy atom. The van der Waals surface area contributed by atoms with Crippen LogP contribution in [0.15, 0.2) is 36.4 Å². The molecule has 106 valence electrons. The van der Waals surface area contributed by atoms with E-state index >= 15 is 0 Å². The minimum absolute atomic E-state index is 0.694. The summed E-state index contributed by atoms with van der Waals surface area (Å²) in [6, 6.07) is 11.7. The van der Waals surface area contributed by atoms with Gasteiger partial charge in [0, 0.05) is 10.6 Å². The molecule has 0 unspecified atom stereocenters. The summed E-state index contributed by atoms with van der Waals surface area (Å²) in [5.74, 6) is 0. The van der Waals surface area contributed by atoms with Crippen LogP contribution in [-0.4, -0.2) is 23.8 Å². The number of rotatable bonds is 4. The Balaban J connectivity index is 2.32. The maximum Gasteiger partial charge on any atom is 0.0833 e. The van der Waals surface area contributed by atoms with Gasteiger partial charge < -0.3 is 9.76 Å². The first kappa shape index (κ1) is 15.4. The number of aliphatic hydroxyl groups is 1. The van der Waals surface area contributed by atoms with Gasteiger partial charge in [0.05, 0.1) is 5.60 Å². The average Bonchev–Trinajstić information content (AvgIpc) is 2.35. The number of hydrogen-bond acceptors (Lipinski definition) is 2. The Morgan fingerprint density at radius 3 is 2.25 bits per heavy atom. The van der Waals surface area contributed by atoms with Crippen molar-refractivity contribution >= 4 is 35.3 Å². The standard InChI is InChI=1S/C16H19BClO2/c1-15(2,19)16(3,4)20-17-12-9-5-7-11-8-6-10-13(18)14(11)12/h5-10,19H,1-4H3/q-1. The Bertz CT molecular complexity index is 612. The molecular formula is C16H19BClO2-. The predicted octanol–water partition coefficient (Wildman–Crippen LogP) is 3.30. The van der Waals surface area contributed by atoms with Crippen molar-refractivity contribution in [2.45, 2.75) is 38.9 Å². The van der Waals surface area contributed by atoms with E-state index in [1.54, 1.807) is 21.3 Å². The van der Waals surface area contributed by atoms with E-state index < -0.39 is 11.2 Å². The molecule has 0 aliphatic rings. The van der Waals surface area contributed by atoms with E-state index in [1.165, 1.54) is 0 Å². The van der Waals surface area contributed by atoms with Crippen LogP contribution in [0.25, 0.3) is 10.8 Å². The van der Waals surface area contributed by atoms with Gasteiger partial charge in [-0.1, -0.05) is 35.9 Å². The molecule has 20 heavy (non-hydrogen) atoms. The third-order valence-corrected chi connectivity index (χ3v) is 4.15. The van der Waals surface area contributed by atoms with Gasteiger partial charge in [0.1, 0.15) is 0 Å². The summed E-state index contributed by atoms with van der Waals surface area (Å²) in [7, 11) is 1.67. The molecule has 0 saturated heterocycles. The quantitative estimate of drug-likeness (QED) is 0.875. The van der Waals surface area contributed by atoms with Crippen molar-refractivity contribution in [3.8, 4) is 0 Å². The van der Waals surface area contributed by atoms with E-state index in [-0.39, 0.29) is 0 Å². The van der Waals surface area contributed by atoms with Crippen molar-refractivity contribution in [1.29, 1.82) is 0 Å². The largest absolute Gasteiger partial charge is 0.649 e. The maximum atomic E-state index is 10.1. The zero-order valence-electron chi connectivity index (χ0n) is 12.3. The van der Waals surface area contributed by atoms with Crippen LogP contribution >= 0.6 is 11.6 Å². The van der Waals surface area contributed by atoms with Crippen molar-refractivity contribution < 1.29 is 9.76 Å². The average molecular weight is 290 g/mol. The molecule has 0 aliphatic carbocycles. The molecule has 2 radical (unpaired) electrons. The second-order valence-corrected chi connectivity index (χ2v) is 6.40. The number of hydrogen-bond donors (Lipinski definition) is 1. The molecule has 0 atom stereocenters. The molecule has 2 rings (SSSR count). The lowest BCUT2D eigenvalue weighted by Gasteiger charge is -2.45. The summed E-state index contributed by atoms with van der Waals surface area (Å²) in [6.45, 7) is 7.18. The molecule has 2 aromatic rings. The third kappa shape index (κ3) is 3.00. The second kappa shape index (κ2) is 5.40. The maximum absolute atomic E-state index is 10.1. The fourth-order valence-corrected chi connectivity index (χ4v) is 2.07. The Hall–Kier alpha value is -1.03. The molecule has 2 aromatic carbocycles. The molecule has 1 N–H and O–H groups in total. The minimum atomic E-state index is -0.947. The van der Waals surface area contributed by atoms with E-state index in [4.69, 9.17) is 16.3 Å². The van der Waals surface area contributed by atoms with Crippen LogP contribution in [0.1, 0.15) is 27.7 Å². The fourth-order valence-electron chi connectivity index (χ4n) is 1.78. The van der Waals surface area contributed by atoms with Gasteiger partial charge in [-0.3, -0.25) is 0 Å². The zero-order valence-corrected chi connectivity index (χ0v) is 13.0. The van der Waals surface area contributed by atoms with E-state index in [9.17, 15) is 5.11 Å². The van der Waals surface area contributed by atoms with Crippen molar-refractivity contribution in [1.82, 2.24) is 0 Å². The number of halogens is 1. The van der Waals surface area contributed by atoms with Crippen molar-refractivity contribution in [3.63, 3.8) is 0 Å². The van der Waals surface area contributed by atoms with E-state index in [1.807, 2.05) is 50.2 Å².